The van der Waals surface area contributed by atoms with Crippen LogP contribution in [0.3, 0.4) is 0 Å². The lowest BCUT2D eigenvalue weighted by atomic mass is 9.94. The minimum Gasteiger partial charge on any atom is -0.493 e. The summed E-state index contributed by atoms with van der Waals surface area (Å²) < 4.78 is 16.3. The Labute approximate surface area is 177 Å². The number of rotatable bonds is 8. The van der Waals surface area contributed by atoms with Gasteiger partial charge < -0.3 is 24.5 Å². The fraction of sp³-hybridized carbons (Fsp3) is 0.450. The first-order chi connectivity index (χ1) is 12.8. The highest BCUT2D eigenvalue weighted by Crippen LogP contribution is 2.35. The summed E-state index contributed by atoms with van der Waals surface area (Å²) in [6, 6.07) is 12.3. The molecule has 2 N–H and O–H groups in total. The molecule has 0 saturated carbocycles. The third-order valence-electron chi connectivity index (χ3n) is 4.51. The number of methoxy groups -OCH3 is 1. The largest absolute Gasteiger partial charge is 0.493 e. The first-order valence-electron chi connectivity index (χ1n) is 9.06. The molecule has 0 spiro atoms. The Morgan fingerprint density at radius 3 is 2.93 bits per heavy atom. The van der Waals surface area contributed by atoms with Gasteiger partial charge in [0.15, 0.2) is 5.96 Å². The Bertz CT molecular complexity index is 706. The van der Waals surface area contributed by atoms with Crippen LogP contribution in [0.2, 0.25) is 0 Å². The van der Waals surface area contributed by atoms with Crippen molar-refractivity contribution in [1.29, 1.82) is 0 Å². The van der Waals surface area contributed by atoms with Gasteiger partial charge in [0.05, 0.1) is 26.0 Å². The quantitative estimate of drug-likeness (QED) is 0.260. The van der Waals surface area contributed by atoms with E-state index in [1.165, 1.54) is 5.56 Å². The number of aliphatic imine (C=N–C) groups is 1. The zero-order chi connectivity index (χ0) is 18.2. The fourth-order valence-corrected chi connectivity index (χ4v) is 3.08. The van der Waals surface area contributed by atoms with Gasteiger partial charge in [-0.15, -0.1) is 24.0 Å². The van der Waals surface area contributed by atoms with Crippen molar-refractivity contribution in [2.75, 3.05) is 33.4 Å². The lowest BCUT2D eigenvalue weighted by Crippen LogP contribution is -2.45. The summed E-state index contributed by atoms with van der Waals surface area (Å²) in [5, 5.41) is 6.89. The Morgan fingerprint density at radius 2 is 2.15 bits per heavy atom. The second-order valence-electron chi connectivity index (χ2n) is 6.37. The highest BCUT2D eigenvalue weighted by Gasteiger charge is 2.29. The predicted molar refractivity (Wildman–Crippen MR) is 117 cm³/mol. The van der Waals surface area contributed by atoms with Crippen LogP contribution in [-0.2, 0) is 11.2 Å². The summed E-state index contributed by atoms with van der Waals surface area (Å²) in [4.78, 5) is 4.60. The van der Waals surface area contributed by atoms with Gasteiger partial charge in [0.25, 0.3) is 0 Å². The molecule has 1 aliphatic heterocycles. The molecule has 27 heavy (non-hydrogen) atoms. The molecule has 0 radical (unpaired) electrons. The van der Waals surface area contributed by atoms with Gasteiger partial charge in [-0.05, 0) is 25.1 Å². The number of guanidine groups is 1. The predicted octanol–water partition coefficient (Wildman–Crippen LogP) is 3.19. The van der Waals surface area contributed by atoms with E-state index in [4.69, 9.17) is 13.9 Å². The van der Waals surface area contributed by atoms with Crippen LogP contribution in [0.1, 0.15) is 24.2 Å². The van der Waals surface area contributed by atoms with Crippen molar-refractivity contribution in [1.82, 2.24) is 10.6 Å². The average Bonchev–Trinajstić information content (AvgIpc) is 3.31. The van der Waals surface area contributed by atoms with Crippen molar-refractivity contribution in [3.63, 3.8) is 0 Å². The fourth-order valence-electron chi connectivity index (χ4n) is 3.08. The lowest BCUT2D eigenvalue weighted by Gasteiger charge is -2.23. The molecule has 3 rings (SSSR count). The zero-order valence-electron chi connectivity index (χ0n) is 15.8. The standard InChI is InChI=1S/C20H27N3O3.HI/c1-15(18-14-26-19-8-4-3-7-17(18)19)23-20(22-11-13-24-2)21-10-9-16-6-5-12-25-16;/h3-8,12,15,18H,9-11,13-14H2,1-2H3,(H2,21,22,23);1H. The summed E-state index contributed by atoms with van der Waals surface area (Å²) in [5.41, 5.74) is 1.25. The SMILES string of the molecule is COCCN=C(NCCc1ccco1)NC(C)C1COc2ccccc21.I. The number of para-hydroxylation sites is 1. The third kappa shape index (κ3) is 6.14. The van der Waals surface area contributed by atoms with Crippen molar-refractivity contribution in [3.05, 3.63) is 54.0 Å². The summed E-state index contributed by atoms with van der Waals surface area (Å²) in [5.74, 6) is 3.02. The molecule has 6 nitrogen and oxygen atoms in total. The molecule has 1 aromatic heterocycles. The number of hydrogen-bond donors (Lipinski definition) is 2. The first kappa shape index (κ1) is 21.6. The Hall–Kier alpha value is -1.74. The van der Waals surface area contributed by atoms with Crippen LogP contribution in [0.4, 0.5) is 0 Å². The smallest absolute Gasteiger partial charge is 0.191 e. The molecule has 1 aliphatic rings. The first-order valence-corrected chi connectivity index (χ1v) is 9.06. The second-order valence-corrected chi connectivity index (χ2v) is 6.37. The number of nitrogens with zero attached hydrogens (tertiary/aromatic N) is 1. The summed E-state index contributed by atoms with van der Waals surface area (Å²) in [7, 11) is 1.68. The molecule has 2 unspecified atom stereocenters. The Morgan fingerprint density at radius 1 is 1.30 bits per heavy atom. The van der Waals surface area contributed by atoms with Crippen molar-refractivity contribution in [3.8, 4) is 5.75 Å². The topological polar surface area (TPSA) is 68.0 Å². The van der Waals surface area contributed by atoms with Crippen molar-refractivity contribution in [2.45, 2.75) is 25.3 Å². The highest BCUT2D eigenvalue weighted by atomic mass is 127. The molecule has 0 bridgehead atoms. The number of benzene rings is 1. The molecule has 1 aromatic carbocycles. The molecule has 2 aromatic rings. The normalized spacial score (nSPS) is 16.8. The number of nitrogens with one attached hydrogen (secondary N) is 2. The molecule has 2 atom stereocenters. The van der Waals surface area contributed by atoms with Crippen molar-refractivity contribution < 1.29 is 13.9 Å². The van der Waals surface area contributed by atoms with Gasteiger partial charge in [-0.3, -0.25) is 4.99 Å². The van der Waals surface area contributed by atoms with E-state index in [0.29, 0.717) is 25.7 Å². The average molecular weight is 485 g/mol. The molecule has 0 saturated heterocycles. The van der Waals surface area contributed by atoms with E-state index in [-0.39, 0.29) is 30.0 Å². The second kappa shape index (κ2) is 11.2. The number of fused-ring (bicyclic) bond motifs is 1. The Balaban J connectivity index is 0.00000261. The van der Waals surface area contributed by atoms with Crippen LogP contribution < -0.4 is 15.4 Å². The van der Waals surface area contributed by atoms with Gasteiger partial charge in [0.1, 0.15) is 11.5 Å². The molecular weight excluding hydrogens is 457 g/mol. The molecular formula is C20H28IN3O3. The van der Waals surface area contributed by atoms with Crippen molar-refractivity contribution in [2.24, 2.45) is 4.99 Å². The Kier molecular flexibility index (Phi) is 8.93. The molecule has 148 valence electrons. The van der Waals surface area contributed by atoms with E-state index in [0.717, 1.165) is 30.4 Å². The number of furan rings is 1. The summed E-state index contributed by atoms with van der Waals surface area (Å²) >= 11 is 0. The monoisotopic (exact) mass is 485 g/mol. The van der Waals surface area contributed by atoms with Gasteiger partial charge in [0.2, 0.25) is 0 Å². The molecule has 0 aliphatic carbocycles. The highest BCUT2D eigenvalue weighted by molar-refractivity contribution is 14.0. The van der Waals surface area contributed by atoms with E-state index in [2.05, 4.69) is 34.7 Å². The van der Waals surface area contributed by atoms with Gasteiger partial charge >= 0.3 is 0 Å². The van der Waals surface area contributed by atoms with Gasteiger partial charge in [-0.25, -0.2) is 0 Å². The van der Waals surface area contributed by atoms with Gasteiger partial charge in [0, 0.05) is 37.6 Å². The molecule has 2 heterocycles. The van der Waals surface area contributed by atoms with Crippen LogP contribution in [0.15, 0.2) is 52.1 Å². The zero-order valence-corrected chi connectivity index (χ0v) is 18.1. The van der Waals surface area contributed by atoms with Crippen LogP contribution >= 0.6 is 24.0 Å². The van der Waals surface area contributed by atoms with Crippen LogP contribution in [0.25, 0.3) is 0 Å². The maximum Gasteiger partial charge on any atom is 0.191 e. The lowest BCUT2D eigenvalue weighted by molar-refractivity contribution is 0.207. The third-order valence-corrected chi connectivity index (χ3v) is 4.51. The van der Waals surface area contributed by atoms with E-state index >= 15 is 0 Å². The van der Waals surface area contributed by atoms with Crippen LogP contribution in [0, 0.1) is 0 Å². The van der Waals surface area contributed by atoms with Gasteiger partial charge in [-0.1, -0.05) is 18.2 Å². The molecule has 0 amide bonds. The van der Waals surface area contributed by atoms with E-state index in [1.54, 1.807) is 13.4 Å². The van der Waals surface area contributed by atoms with Crippen LogP contribution in [0.5, 0.6) is 5.75 Å². The summed E-state index contributed by atoms with van der Waals surface area (Å²) in [6.07, 6.45) is 2.50. The minimum atomic E-state index is 0. The molecule has 7 heteroatoms. The van der Waals surface area contributed by atoms with E-state index in [1.807, 2.05) is 24.3 Å². The number of halogens is 1. The summed E-state index contributed by atoms with van der Waals surface area (Å²) in [6.45, 7) is 4.80. The van der Waals surface area contributed by atoms with Crippen molar-refractivity contribution >= 4 is 29.9 Å². The number of ether oxygens (including phenoxy) is 2. The van der Waals surface area contributed by atoms with E-state index < -0.39 is 0 Å². The maximum absolute atomic E-state index is 5.81. The maximum atomic E-state index is 5.81. The molecule has 0 fully saturated rings. The van der Waals surface area contributed by atoms with Crippen LogP contribution in [-0.4, -0.2) is 45.4 Å². The minimum absolute atomic E-state index is 0. The van der Waals surface area contributed by atoms with Gasteiger partial charge in [-0.2, -0.15) is 0 Å². The number of hydrogen-bond acceptors (Lipinski definition) is 4. The van der Waals surface area contributed by atoms with E-state index in [9.17, 15) is 0 Å².